The number of alkyl halides is 2. The number of benzene rings is 2. The molecule has 3 aromatic rings. The summed E-state index contributed by atoms with van der Waals surface area (Å²) in [5, 5.41) is 2.84. The van der Waals surface area contributed by atoms with Gasteiger partial charge >= 0.3 is 6.61 Å². The molecule has 1 N–H and O–H groups in total. The molecular weight excluding hydrogens is 458 g/mol. The van der Waals surface area contributed by atoms with Gasteiger partial charge < -0.3 is 10.1 Å². The summed E-state index contributed by atoms with van der Waals surface area (Å²) in [7, 11) is 0. The van der Waals surface area contributed by atoms with Crippen LogP contribution < -0.4 is 14.6 Å². The maximum Gasteiger partial charge on any atom is 0.387 e. The van der Waals surface area contributed by atoms with E-state index in [9.17, 15) is 18.4 Å². The molecule has 156 valence electrons. The number of rotatable bonds is 8. The summed E-state index contributed by atoms with van der Waals surface area (Å²) in [5.41, 5.74) is 1.87. The van der Waals surface area contributed by atoms with E-state index in [0.717, 1.165) is 5.56 Å². The molecule has 0 aliphatic carbocycles. The van der Waals surface area contributed by atoms with Crippen molar-refractivity contribution in [3.63, 3.8) is 0 Å². The van der Waals surface area contributed by atoms with Gasteiger partial charge in [-0.05, 0) is 29.8 Å². The Balaban J connectivity index is 0.00000320. The molecule has 2 aromatic carbocycles. The summed E-state index contributed by atoms with van der Waals surface area (Å²) in [6.45, 7) is -2.42. The van der Waals surface area contributed by atoms with Crippen molar-refractivity contribution in [3.8, 4) is 5.75 Å². The molecule has 1 heterocycles. The van der Waals surface area contributed by atoms with Gasteiger partial charge in [-0.1, -0.05) is 30.3 Å². The van der Waals surface area contributed by atoms with Gasteiger partial charge in [-0.2, -0.15) is 13.3 Å². The van der Waals surface area contributed by atoms with Gasteiger partial charge in [-0.15, -0.1) is 17.0 Å². The van der Waals surface area contributed by atoms with Gasteiger partial charge in [0.05, 0.1) is 5.56 Å². The SMILES string of the molecule is Br.O=C(C[n+]1ccc(C(=O)NCc2ccccc2)cc1)c1ccc(OC(F)F)cc1. The van der Waals surface area contributed by atoms with Gasteiger partial charge in [0.15, 0.2) is 12.4 Å². The number of ether oxygens (including phenoxy) is 1. The first kappa shape index (κ1) is 23.2. The number of halogens is 3. The Morgan fingerprint density at radius 1 is 0.900 bits per heavy atom. The van der Waals surface area contributed by atoms with Crippen molar-refractivity contribution in [2.75, 3.05) is 0 Å². The van der Waals surface area contributed by atoms with Crippen LogP contribution >= 0.6 is 17.0 Å². The van der Waals surface area contributed by atoms with Crippen molar-refractivity contribution in [2.45, 2.75) is 19.7 Å². The van der Waals surface area contributed by atoms with Gasteiger partial charge in [0.25, 0.3) is 5.91 Å². The van der Waals surface area contributed by atoms with Crippen LogP contribution in [0.25, 0.3) is 0 Å². The topological polar surface area (TPSA) is 59.3 Å². The Bertz CT molecular complexity index is 966. The van der Waals surface area contributed by atoms with Gasteiger partial charge in [0.1, 0.15) is 5.75 Å². The van der Waals surface area contributed by atoms with Crippen LogP contribution in [0.5, 0.6) is 5.75 Å². The first-order chi connectivity index (χ1) is 14.0. The van der Waals surface area contributed by atoms with E-state index in [1.807, 2.05) is 30.3 Å². The standard InChI is InChI=1S/C22H18F2N2O3.BrH/c23-22(24)29-19-8-6-17(7-9-19)20(27)15-26-12-10-18(11-13-26)21(28)25-14-16-4-2-1-3-5-16;/h1-13,22H,14-15H2;1H/p+1. The van der Waals surface area contributed by atoms with E-state index in [2.05, 4.69) is 10.1 Å². The van der Waals surface area contributed by atoms with Gasteiger partial charge in [0.2, 0.25) is 12.3 Å². The van der Waals surface area contributed by atoms with Crippen LogP contribution in [0, 0.1) is 0 Å². The van der Waals surface area contributed by atoms with Crippen LogP contribution in [0.2, 0.25) is 0 Å². The second-order valence-electron chi connectivity index (χ2n) is 6.25. The van der Waals surface area contributed by atoms with E-state index in [0.29, 0.717) is 17.7 Å². The lowest BCUT2D eigenvalue weighted by molar-refractivity contribution is -0.683. The molecule has 5 nitrogen and oxygen atoms in total. The summed E-state index contributed by atoms with van der Waals surface area (Å²) < 4.78 is 30.2. The lowest BCUT2D eigenvalue weighted by atomic mass is 10.1. The smallest absolute Gasteiger partial charge is 0.387 e. The summed E-state index contributed by atoms with van der Waals surface area (Å²) >= 11 is 0. The van der Waals surface area contributed by atoms with E-state index in [4.69, 9.17) is 0 Å². The fraction of sp³-hybridized carbons (Fsp3) is 0.136. The van der Waals surface area contributed by atoms with Crippen molar-refractivity contribution >= 4 is 28.7 Å². The highest BCUT2D eigenvalue weighted by atomic mass is 79.9. The zero-order valence-electron chi connectivity index (χ0n) is 15.8. The molecule has 0 atom stereocenters. The lowest BCUT2D eigenvalue weighted by Gasteiger charge is -2.05. The van der Waals surface area contributed by atoms with Gasteiger partial charge in [-0.3, -0.25) is 9.59 Å². The molecule has 0 fully saturated rings. The number of aromatic nitrogens is 1. The highest BCUT2D eigenvalue weighted by Crippen LogP contribution is 2.15. The summed E-state index contributed by atoms with van der Waals surface area (Å²) in [4.78, 5) is 24.6. The third kappa shape index (κ3) is 6.73. The first-order valence-corrected chi connectivity index (χ1v) is 8.90. The van der Waals surface area contributed by atoms with E-state index in [1.54, 1.807) is 29.1 Å². The predicted octanol–water partition coefficient (Wildman–Crippen LogP) is 3.97. The van der Waals surface area contributed by atoms with Crippen molar-refractivity contribution in [2.24, 2.45) is 0 Å². The maximum atomic E-state index is 12.3. The van der Waals surface area contributed by atoms with Crippen LogP contribution in [0.4, 0.5) is 8.78 Å². The zero-order valence-corrected chi connectivity index (χ0v) is 17.5. The molecule has 0 unspecified atom stereocenters. The monoisotopic (exact) mass is 477 g/mol. The molecule has 0 saturated carbocycles. The van der Waals surface area contributed by atoms with Crippen LogP contribution in [-0.2, 0) is 13.1 Å². The number of ketones is 1. The van der Waals surface area contributed by atoms with E-state index < -0.39 is 6.61 Å². The number of hydrogen-bond donors (Lipinski definition) is 1. The number of carbonyl (C=O) groups excluding carboxylic acids is 2. The molecule has 0 aliphatic rings. The highest BCUT2D eigenvalue weighted by Gasteiger charge is 2.14. The predicted molar refractivity (Wildman–Crippen MR) is 112 cm³/mol. The number of pyridine rings is 1. The minimum atomic E-state index is -2.91. The Hall–Kier alpha value is -3.13. The molecule has 1 amide bonds. The minimum Gasteiger partial charge on any atom is -0.435 e. The van der Waals surface area contributed by atoms with Gasteiger partial charge in [0, 0.05) is 24.2 Å². The van der Waals surface area contributed by atoms with Crippen molar-refractivity contribution in [1.29, 1.82) is 0 Å². The molecule has 1 aromatic heterocycles. The Morgan fingerprint density at radius 3 is 2.13 bits per heavy atom. The average molecular weight is 478 g/mol. The number of nitrogens with zero attached hydrogens (tertiary/aromatic N) is 1. The zero-order chi connectivity index (χ0) is 20.6. The van der Waals surface area contributed by atoms with E-state index in [1.165, 1.54) is 24.3 Å². The number of nitrogens with one attached hydrogen (secondary N) is 1. The van der Waals surface area contributed by atoms with Gasteiger partial charge in [-0.25, -0.2) is 0 Å². The molecule has 0 radical (unpaired) electrons. The Labute approximate surface area is 183 Å². The Morgan fingerprint density at radius 2 is 1.53 bits per heavy atom. The molecule has 0 saturated heterocycles. The lowest BCUT2D eigenvalue weighted by Crippen LogP contribution is -2.37. The Kier molecular flexibility index (Phi) is 8.61. The molecule has 30 heavy (non-hydrogen) atoms. The fourth-order valence-electron chi connectivity index (χ4n) is 2.67. The second kappa shape index (κ2) is 11.2. The summed E-state index contributed by atoms with van der Waals surface area (Å²) in [6.07, 6.45) is 3.28. The van der Waals surface area contributed by atoms with Crippen LogP contribution in [0.3, 0.4) is 0 Å². The fourth-order valence-corrected chi connectivity index (χ4v) is 2.67. The molecule has 8 heteroatoms. The van der Waals surface area contributed by atoms with Crippen molar-refractivity contribution < 1.29 is 27.7 Å². The normalized spacial score (nSPS) is 10.2. The molecule has 3 rings (SSSR count). The molecule has 0 bridgehead atoms. The quantitative estimate of drug-likeness (QED) is 0.394. The molecule has 0 aliphatic heterocycles. The van der Waals surface area contributed by atoms with Crippen LogP contribution in [-0.4, -0.2) is 18.3 Å². The number of Topliss-reactive ketones (excluding diaryl/α,β-unsaturated/α-hetero) is 1. The van der Waals surface area contributed by atoms with Crippen molar-refractivity contribution in [1.82, 2.24) is 5.32 Å². The van der Waals surface area contributed by atoms with Crippen LogP contribution in [0.1, 0.15) is 26.3 Å². The second-order valence-corrected chi connectivity index (χ2v) is 6.25. The van der Waals surface area contributed by atoms with E-state index >= 15 is 0 Å². The molecule has 0 spiro atoms. The largest absolute Gasteiger partial charge is 0.435 e. The third-order valence-electron chi connectivity index (χ3n) is 4.18. The highest BCUT2D eigenvalue weighted by molar-refractivity contribution is 8.93. The van der Waals surface area contributed by atoms with Crippen molar-refractivity contribution in [3.05, 3.63) is 95.8 Å². The van der Waals surface area contributed by atoms with E-state index in [-0.39, 0.29) is 41.0 Å². The third-order valence-corrected chi connectivity index (χ3v) is 4.18. The number of hydrogen-bond acceptors (Lipinski definition) is 3. The molecular formula is C22H20BrF2N2O3+. The average Bonchev–Trinajstić information content (AvgIpc) is 2.73. The summed E-state index contributed by atoms with van der Waals surface area (Å²) in [5.74, 6) is -0.406. The number of carbonyl (C=O) groups is 2. The number of amides is 1. The first-order valence-electron chi connectivity index (χ1n) is 8.90. The van der Waals surface area contributed by atoms with Crippen LogP contribution in [0.15, 0.2) is 79.1 Å². The maximum absolute atomic E-state index is 12.3. The minimum absolute atomic E-state index is 0. The summed E-state index contributed by atoms with van der Waals surface area (Å²) in [6, 6.07) is 18.4.